The van der Waals surface area contributed by atoms with Crippen LogP contribution in [0.5, 0.6) is 0 Å². The maximum Gasteiger partial charge on any atom is 0.0743 e. The molecule has 0 aliphatic carbocycles. The van der Waals surface area contributed by atoms with Crippen molar-refractivity contribution >= 4 is 22.3 Å². The van der Waals surface area contributed by atoms with Gasteiger partial charge in [0, 0.05) is 29.0 Å². The number of benzene rings is 1. The highest BCUT2D eigenvalue weighted by Crippen LogP contribution is 2.24. The number of hydrogen-bond acceptors (Lipinski definition) is 3. The summed E-state index contributed by atoms with van der Waals surface area (Å²) in [6, 6.07) is 8.40. The molecule has 0 spiro atoms. The van der Waals surface area contributed by atoms with Crippen LogP contribution in [0.15, 0.2) is 30.5 Å². The first kappa shape index (κ1) is 14.6. The lowest BCUT2D eigenvalue weighted by molar-refractivity contribution is 0.520. The standard InChI is InChI=1S/C17H25N3/c1-12(2)5-4-6-13(3)20-16-9-10-19-17-11-14(18)7-8-15(16)17/h7-13H,4-6,18H2,1-3H3,(H,19,20). The minimum absolute atomic E-state index is 0.469. The van der Waals surface area contributed by atoms with Gasteiger partial charge >= 0.3 is 0 Å². The van der Waals surface area contributed by atoms with E-state index in [0.29, 0.717) is 6.04 Å². The summed E-state index contributed by atoms with van der Waals surface area (Å²) in [5.41, 5.74) is 8.66. The molecular formula is C17H25N3. The van der Waals surface area contributed by atoms with Crippen molar-refractivity contribution in [3.05, 3.63) is 30.5 Å². The van der Waals surface area contributed by atoms with Crippen LogP contribution < -0.4 is 11.1 Å². The van der Waals surface area contributed by atoms with Crippen molar-refractivity contribution < 1.29 is 0 Å². The largest absolute Gasteiger partial charge is 0.399 e. The fourth-order valence-electron chi connectivity index (χ4n) is 2.46. The number of fused-ring (bicyclic) bond motifs is 1. The zero-order valence-corrected chi connectivity index (χ0v) is 12.7. The highest BCUT2D eigenvalue weighted by Gasteiger charge is 2.06. The van der Waals surface area contributed by atoms with Gasteiger partial charge in [-0.15, -0.1) is 0 Å². The Bertz CT molecular complexity index is 563. The molecule has 0 saturated heterocycles. The van der Waals surface area contributed by atoms with Crippen LogP contribution in [-0.4, -0.2) is 11.0 Å². The normalized spacial score (nSPS) is 12.8. The molecule has 1 unspecified atom stereocenters. The maximum absolute atomic E-state index is 5.81. The Hall–Kier alpha value is -1.77. The summed E-state index contributed by atoms with van der Waals surface area (Å²) in [5, 5.41) is 4.73. The molecule has 0 bridgehead atoms. The molecule has 1 aromatic heterocycles. The van der Waals surface area contributed by atoms with Gasteiger partial charge in [0.25, 0.3) is 0 Å². The summed E-state index contributed by atoms with van der Waals surface area (Å²) in [5.74, 6) is 0.784. The lowest BCUT2D eigenvalue weighted by atomic mass is 10.0. The number of nitrogens with one attached hydrogen (secondary N) is 1. The van der Waals surface area contributed by atoms with Crippen molar-refractivity contribution in [2.24, 2.45) is 5.92 Å². The second-order valence-electron chi connectivity index (χ2n) is 6.01. The number of anilines is 2. The second-order valence-corrected chi connectivity index (χ2v) is 6.01. The molecule has 0 fully saturated rings. The second kappa shape index (κ2) is 6.60. The van der Waals surface area contributed by atoms with Crippen molar-refractivity contribution in [2.75, 3.05) is 11.1 Å². The lowest BCUT2D eigenvalue weighted by Crippen LogP contribution is -2.15. The minimum Gasteiger partial charge on any atom is -0.399 e. The van der Waals surface area contributed by atoms with E-state index in [1.54, 1.807) is 0 Å². The van der Waals surface area contributed by atoms with Crippen LogP contribution >= 0.6 is 0 Å². The number of aromatic nitrogens is 1. The highest BCUT2D eigenvalue weighted by molar-refractivity contribution is 5.92. The smallest absolute Gasteiger partial charge is 0.0743 e. The zero-order chi connectivity index (χ0) is 14.5. The van der Waals surface area contributed by atoms with Crippen molar-refractivity contribution in [1.29, 1.82) is 0 Å². The Morgan fingerprint density at radius 1 is 1.15 bits per heavy atom. The summed E-state index contributed by atoms with van der Waals surface area (Å²) in [4.78, 5) is 4.38. The molecule has 3 N–H and O–H groups in total. The van der Waals surface area contributed by atoms with E-state index in [2.05, 4.69) is 31.1 Å². The highest BCUT2D eigenvalue weighted by atomic mass is 14.9. The Morgan fingerprint density at radius 2 is 1.95 bits per heavy atom. The topological polar surface area (TPSA) is 50.9 Å². The van der Waals surface area contributed by atoms with Crippen LogP contribution in [0.2, 0.25) is 0 Å². The minimum atomic E-state index is 0.469. The molecule has 0 radical (unpaired) electrons. The first-order valence-electron chi connectivity index (χ1n) is 7.47. The average Bonchev–Trinajstić information content (AvgIpc) is 2.38. The molecule has 3 nitrogen and oxygen atoms in total. The number of hydrogen-bond donors (Lipinski definition) is 2. The van der Waals surface area contributed by atoms with Crippen molar-refractivity contribution in [3.8, 4) is 0 Å². The molecule has 2 rings (SSSR count). The molecule has 1 atom stereocenters. The Morgan fingerprint density at radius 3 is 2.70 bits per heavy atom. The number of pyridine rings is 1. The van der Waals surface area contributed by atoms with Gasteiger partial charge in [0.1, 0.15) is 0 Å². The van der Waals surface area contributed by atoms with Gasteiger partial charge < -0.3 is 11.1 Å². The number of nitrogens with zero attached hydrogens (tertiary/aromatic N) is 1. The van der Waals surface area contributed by atoms with E-state index >= 15 is 0 Å². The van der Waals surface area contributed by atoms with Crippen molar-refractivity contribution in [3.63, 3.8) is 0 Å². The number of nitrogens with two attached hydrogens (primary N) is 1. The predicted molar refractivity (Wildman–Crippen MR) is 87.9 cm³/mol. The molecule has 0 amide bonds. The molecule has 108 valence electrons. The maximum atomic E-state index is 5.81. The fourth-order valence-corrected chi connectivity index (χ4v) is 2.46. The van der Waals surface area contributed by atoms with Crippen molar-refractivity contribution in [2.45, 2.75) is 46.1 Å². The van der Waals surface area contributed by atoms with Crippen molar-refractivity contribution in [1.82, 2.24) is 4.98 Å². The van der Waals surface area contributed by atoms with E-state index in [0.717, 1.165) is 28.2 Å². The van der Waals surface area contributed by atoms with Gasteiger partial charge in [-0.1, -0.05) is 26.7 Å². The van der Waals surface area contributed by atoms with Gasteiger partial charge in [-0.2, -0.15) is 0 Å². The van der Waals surface area contributed by atoms with Gasteiger partial charge in [0.05, 0.1) is 5.52 Å². The molecule has 1 heterocycles. The monoisotopic (exact) mass is 271 g/mol. The number of nitrogen functional groups attached to an aromatic ring is 1. The average molecular weight is 271 g/mol. The molecule has 3 heteroatoms. The van der Waals surface area contributed by atoms with E-state index in [1.165, 1.54) is 19.3 Å². The van der Waals surface area contributed by atoms with Crippen LogP contribution in [-0.2, 0) is 0 Å². The Kier molecular flexibility index (Phi) is 4.83. The molecule has 20 heavy (non-hydrogen) atoms. The van der Waals surface area contributed by atoms with Crippen LogP contribution in [0.3, 0.4) is 0 Å². The molecule has 2 aromatic rings. The Labute approximate surface area is 121 Å². The third-order valence-electron chi connectivity index (χ3n) is 3.59. The third-order valence-corrected chi connectivity index (χ3v) is 3.59. The fraction of sp³-hybridized carbons (Fsp3) is 0.471. The van der Waals surface area contributed by atoms with Crippen LogP contribution in [0.1, 0.15) is 40.0 Å². The summed E-state index contributed by atoms with van der Waals surface area (Å²) in [7, 11) is 0. The van der Waals surface area contributed by atoms with Gasteiger partial charge in [0.15, 0.2) is 0 Å². The summed E-state index contributed by atoms with van der Waals surface area (Å²) >= 11 is 0. The lowest BCUT2D eigenvalue weighted by Gasteiger charge is -2.17. The SMILES string of the molecule is CC(C)CCCC(C)Nc1ccnc2cc(N)ccc12. The predicted octanol–water partition coefficient (Wildman–Crippen LogP) is 4.44. The van der Waals surface area contributed by atoms with Gasteiger partial charge in [-0.25, -0.2) is 0 Å². The first-order chi connectivity index (χ1) is 9.56. The zero-order valence-electron chi connectivity index (χ0n) is 12.7. The van der Waals surface area contributed by atoms with Gasteiger partial charge in [0.2, 0.25) is 0 Å². The van der Waals surface area contributed by atoms with Crippen LogP contribution in [0.4, 0.5) is 11.4 Å². The summed E-state index contributed by atoms with van der Waals surface area (Å²) in [6.45, 7) is 6.79. The molecular weight excluding hydrogens is 246 g/mol. The Balaban J connectivity index is 2.05. The molecule has 0 aliphatic heterocycles. The third kappa shape index (κ3) is 3.86. The molecule has 0 aliphatic rings. The van der Waals surface area contributed by atoms with E-state index in [9.17, 15) is 0 Å². The van der Waals surface area contributed by atoms with E-state index in [1.807, 2.05) is 30.5 Å². The van der Waals surface area contributed by atoms with E-state index in [4.69, 9.17) is 5.73 Å². The van der Waals surface area contributed by atoms with E-state index in [-0.39, 0.29) is 0 Å². The van der Waals surface area contributed by atoms with Gasteiger partial charge in [-0.3, -0.25) is 4.98 Å². The molecule has 0 saturated carbocycles. The van der Waals surface area contributed by atoms with Crippen LogP contribution in [0.25, 0.3) is 10.9 Å². The molecule has 1 aromatic carbocycles. The quantitative estimate of drug-likeness (QED) is 0.763. The number of rotatable bonds is 6. The van der Waals surface area contributed by atoms with Gasteiger partial charge in [-0.05, 0) is 43.5 Å². The van der Waals surface area contributed by atoms with E-state index < -0.39 is 0 Å². The first-order valence-corrected chi connectivity index (χ1v) is 7.47. The summed E-state index contributed by atoms with van der Waals surface area (Å²) in [6.07, 6.45) is 5.59. The van der Waals surface area contributed by atoms with Crippen LogP contribution in [0, 0.1) is 5.92 Å². The summed E-state index contributed by atoms with van der Waals surface area (Å²) < 4.78 is 0.